The monoisotopic (exact) mass is 682 g/mol. The maximum atomic E-state index is 5.06. The Hall–Kier alpha value is -6.66. The summed E-state index contributed by atoms with van der Waals surface area (Å²) < 4.78 is 0. The first kappa shape index (κ1) is 31.1. The fourth-order valence-corrected chi connectivity index (χ4v) is 7.85. The van der Waals surface area contributed by atoms with E-state index in [0.717, 1.165) is 69.0 Å². The lowest BCUT2D eigenvalue weighted by Gasteiger charge is -2.22. The topological polar surface area (TPSA) is 76.8 Å². The molecule has 5 aromatic carbocycles. The molecule has 6 nitrogen and oxygen atoms in total. The first-order chi connectivity index (χ1) is 26.2. The Morgan fingerprint density at radius 3 is 1.92 bits per heavy atom. The van der Waals surface area contributed by atoms with Crippen LogP contribution in [0.4, 0.5) is 0 Å². The molecule has 0 unspecified atom stereocenters. The van der Waals surface area contributed by atoms with Gasteiger partial charge in [0.05, 0.1) is 16.4 Å². The third-order valence-corrected chi connectivity index (χ3v) is 10.5. The van der Waals surface area contributed by atoms with E-state index in [0.29, 0.717) is 23.4 Å². The Balaban J connectivity index is 1.05. The van der Waals surface area contributed by atoms with Gasteiger partial charge >= 0.3 is 0 Å². The van der Waals surface area contributed by atoms with E-state index in [2.05, 4.69) is 103 Å². The zero-order chi connectivity index (χ0) is 35.3. The summed E-state index contributed by atoms with van der Waals surface area (Å²) >= 11 is 0. The number of fused-ring (bicyclic) bond motifs is 6. The smallest absolute Gasteiger partial charge is 0.164 e. The minimum Gasteiger partial charge on any atom is -0.284 e. The minimum absolute atomic E-state index is 0.438. The van der Waals surface area contributed by atoms with Crippen molar-refractivity contribution >= 4 is 34.0 Å². The molecule has 10 rings (SSSR count). The molecule has 8 aromatic rings. The van der Waals surface area contributed by atoms with Crippen molar-refractivity contribution in [1.82, 2.24) is 24.9 Å². The van der Waals surface area contributed by atoms with Crippen LogP contribution in [0.2, 0.25) is 0 Å². The molecule has 1 aliphatic carbocycles. The van der Waals surface area contributed by atoms with Crippen LogP contribution in [0.1, 0.15) is 36.8 Å². The van der Waals surface area contributed by atoms with E-state index in [9.17, 15) is 0 Å². The molecule has 1 aliphatic heterocycles. The molecule has 3 aromatic heterocycles. The minimum atomic E-state index is 0.438. The van der Waals surface area contributed by atoms with Gasteiger partial charge in [-0.15, -0.1) is 0 Å². The van der Waals surface area contributed by atoms with E-state index in [1.807, 2.05) is 54.9 Å². The van der Waals surface area contributed by atoms with Crippen LogP contribution in [0.5, 0.6) is 0 Å². The Bertz CT molecular complexity index is 2860. The molecule has 2 aliphatic rings. The van der Waals surface area contributed by atoms with E-state index in [1.165, 1.54) is 32.8 Å². The van der Waals surface area contributed by atoms with E-state index < -0.39 is 0 Å². The van der Waals surface area contributed by atoms with Gasteiger partial charge < -0.3 is 0 Å². The van der Waals surface area contributed by atoms with Crippen molar-refractivity contribution in [3.8, 4) is 56.4 Å². The van der Waals surface area contributed by atoms with Crippen LogP contribution in [0.25, 0.3) is 90.4 Å². The number of aromatic nitrogens is 5. The van der Waals surface area contributed by atoms with Crippen molar-refractivity contribution in [3.05, 3.63) is 155 Å². The van der Waals surface area contributed by atoms with Gasteiger partial charge in [-0.25, -0.2) is 15.0 Å². The molecule has 0 saturated heterocycles. The maximum Gasteiger partial charge on any atom is 0.164 e. The van der Waals surface area contributed by atoms with Crippen molar-refractivity contribution < 1.29 is 0 Å². The molecule has 0 fully saturated rings. The molecule has 0 bridgehead atoms. The summed E-state index contributed by atoms with van der Waals surface area (Å²) in [5.41, 5.74) is 11.9. The Labute approximate surface area is 307 Å². The van der Waals surface area contributed by atoms with E-state index >= 15 is 0 Å². The Kier molecular flexibility index (Phi) is 7.53. The third kappa shape index (κ3) is 5.51. The van der Waals surface area contributed by atoms with Crippen LogP contribution in [0.15, 0.2) is 139 Å². The van der Waals surface area contributed by atoms with Crippen molar-refractivity contribution in [3.63, 3.8) is 0 Å². The van der Waals surface area contributed by atoms with E-state index in [1.54, 1.807) is 0 Å². The molecule has 4 heterocycles. The summed E-state index contributed by atoms with van der Waals surface area (Å²) in [4.78, 5) is 29.4. The van der Waals surface area contributed by atoms with Gasteiger partial charge in [0.25, 0.3) is 0 Å². The summed E-state index contributed by atoms with van der Waals surface area (Å²) in [7, 11) is 0. The van der Waals surface area contributed by atoms with Crippen LogP contribution in [-0.2, 0) is 0 Å². The molecule has 0 saturated carbocycles. The highest BCUT2D eigenvalue weighted by Gasteiger charge is 2.21. The zero-order valence-corrected chi connectivity index (χ0v) is 29.2. The van der Waals surface area contributed by atoms with Gasteiger partial charge in [-0.1, -0.05) is 116 Å². The highest BCUT2D eigenvalue weighted by Crippen LogP contribution is 2.36. The lowest BCUT2D eigenvalue weighted by atomic mass is 9.82. The van der Waals surface area contributed by atoms with Crippen molar-refractivity contribution in [2.24, 2.45) is 4.99 Å². The second kappa shape index (κ2) is 12.8. The predicted molar refractivity (Wildman–Crippen MR) is 214 cm³/mol. The largest absolute Gasteiger partial charge is 0.284 e. The molecule has 252 valence electrons. The number of hydrogen-bond acceptors (Lipinski definition) is 6. The number of nitrogens with zero attached hydrogens (tertiary/aromatic N) is 6. The second-order valence-electron chi connectivity index (χ2n) is 13.8. The molecule has 0 spiro atoms. The van der Waals surface area contributed by atoms with Gasteiger partial charge in [0.2, 0.25) is 0 Å². The first-order valence-electron chi connectivity index (χ1n) is 18.2. The summed E-state index contributed by atoms with van der Waals surface area (Å²) in [6.45, 7) is 3.18. The predicted octanol–water partition coefficient (Wildman–Crippen LogP) is 9.63. The molecule has 6 heteroatoms. The molecular formula is C47H34N6. The first-order valence-corrected chi connectivity index (χ1v) is 18.2. The quantitative estimate of drug-likeness (QED) is 0.169. The number of pyridine rings is 2. The lowest BCUT2D eigenvalue weighted by molar-refractivity contribution is 0.752. The zero-order valence-electron chi connectivity index (χ0n) is 29.2. The summed E-state index contributed by atoms with van der Waals surface area (Å²) in [6.07, 6.45) is 12.6. The standard InChI is InChI=1S/C47H34N6/c1-29-9-5-14-37-39(27-35-12-6-24-48-42(35)41(29)37)30-16-20-33(21-17-30)46-51-45(32-10-3-2-4-11-32)52-47(53-46)34-22-18-31(19-23-34)40-28-36-13-7-25-49-43(36)44-38(40)15-8-26-50-44/h2-5,7-8,10-23,25-29H,6,9,24H2,1H3/t29-/m1/s1. The third-order valence-electron chi connectivity index (χ3n) is 10.5. The average Bonchev–Trinajstić information content (AvgIpc) is 3.23. The van der Waals surface area contributed by atoms with Crippen molar-refractivity contribution in [1.29, 1.82) is 0 Å². The fourth-order valence-electron chi connectivity index (χ4n) is 7.85. The highest BCUT2D eigenvalue weighted by molar-refractivity contribution is 6.10. The molecule has 1 atom stereocenters. The summed E-state index contributed by atoms with van der Waals surface area (Å²) in [5.74, 6) is 2.34. The van der Waals surface area contributed by atoms with E-state index in [4.69, 9.17) is 24.9 Å². The maximum absolute atomic E-state index is 5.06. The van der Waals surface area contributed by atoms with Gasteiger partial charge in [-0.2, -0.15) is 0 Å². The number of hydrogen-bond donors (Lipinski definition) is 0. The Morgan fingerprint density at radius 2 is 1.21 bits per heavy atom. The molecule has 0 radical (unpaired) electrons. The van der Waals surface area contributed by atoms with Gasteiger partial charge in [0, 0.05) is 46.4 Å². The van der Waals surface area contributed by atoms with Crippen molar-refractivity contribution in [2.45, 2.75) is 25.7 Å². The molecule has 0 amide bonds. The average molecular weight is 683 g/mol. The van der Waals surface area contributed by atoms with Crippen LogP contribution < -0.4 is 10.6 Å². The van der Waals surface area contributed by atoms with Crippen LogP contribution >= 0.6 is 0 Å². The SMILES string of the molecule is C[C@@H]1CC=Cc2c(-c3ccc(-c4nc(-c5ccccc5)nc(-c5ccc(-c6cc7cccnc7c7ncccc67)cc5)n4)cc3)cc3c(c21)=NCCC=3. The van der Waals surface area contributed by atoms with Gasteiger partial charge in [-0.3, -0.25) is 15.0 Å². The lowest BCUT2D eigenvalue weighted by Crippen LogP contribution is -2.34. The van der Waals surface area contributed by atoms with Crippen molar-refractivity contribution in [2.75, 3.05) is 6.54 Å². The van der Waals surface area contributed by atoms with Gasteiger partial charge in [0.15, 0.2) is 17.5 Å². The molecule has 0 N–H and O–H groups in total. The van der Waals surface area contributed by atoms with Crippen LogP contribution in [0.3, 0.4) is 0 Å². The molecular weight excluding hydrogens is 649 g/mol. The Morgan fingerprint density at radius 1 is 0.585 bits per heavy atom. The van der Waals surface area contributed by atoms with Gasteiger partial charge in [-0.05, 0) is 81.6 Å². The number of rotatable bonds is 5. The number of allylic oxidation sites excluding steroid dienone is 1. The summed E-state index contributed by atoms with van der Waals surface area (Å²) in [6, 6.07) is 39.9. The van der Waals surface area contributed by atoms with Crippen LogP contribution in [0, 0.1) is 0 Å². The fraction of sp³-hybridized carbons (Fsp3) is 0.106. The summed E-state index contributed by atoms with van der Waals surface area (Å²) in [5, 5.41) is 4.56. The van der Waals surface area contributed by atoms with E-state index in [-0.39, 0.29) is 0 Å². The normalized spacial score (nSPS) is 14.7. The number of benzene rings is 5. The van der Waals surface area contributed by atoms with Gasteiger partial charge in [0.1, 0.15) is 0 Å². The van der Waals surface area contributed by atoms with Crippen LogP contribution in [-0.4, -0.2) is 31.5 Å². The highest BCUT2D eigenvalue weighted by atomic mass is 15.0. The molecule has 53 heavy (non-hydrogen) atoms. The second-order valence-corrected chi connectivity index (χ2v) is 13.8.